The zero-order valence-electron chi connectivity index (χ0n) is 9.10. The number of hydrogen-bond acceptors (Lipinski definition) is 3. The molecule has 0 aliphatic carbocycles. The van der Waals surface area contributed by atoms with Crippen LogP contribution in [0.2, 0.25) is 0 Å². The van der Waals surface area contributed by atoms with E-state index in [9.17, 15) is 4.79 Å². The molecule has 1 aromatic rings. The largest absolute Gasteiger partial charge is 0.495 e. The van der Waals surface area contributed by atoms with Crippen molar-refractivity contribution in [2.24, 2.45) is 0 Å². The van der Waals surface area contributed by atoms with Crippen LogP contribution in [0.25, 0.3) is 0 Å². The average Bonchev–Trinajstić information content (AvgIpc) is 2.29. The summed E-state index contributed by atoms with van der Waals surface area (Å²) in [5.74, 6) is 0.874. The number of nitrogens with one attached hydrogen (secondary N) is 1. The molecule has 0 unspecified atom stereocenters. The topological polar surface area (TPSA) is 41.6 Å². The summed E-state index contributed by atoms with van der Waals surface area (Å²) in [4.78, 5) is 13.3. The summed E-state index contributed by atoms with van der Waals surface area (Å²) in [5.41, 5.74) is 0.981. The normalized spacial score (nSPS) is 15.1. The molecule has 88 valence electrons. The van der Waals surface area contributed by atoms with E-state index in [0.717, 1.165) is 18.0 Å². The molecule has 0 aromatic heterocycles. The minimum absolute atomic E-state index is 0. The van der Waals surface area contributed by atoms with Crippen LogP contribution in [-0.2, 0) is 4.79 Å². The van der Waals surface area contributed by atoms with Gasteiger partial charge >= 0.3 is 0 Å². The van der Waals surface area contributed by atoms with E-state index in [1.54, 1.807) is 7.11 Å². The molecule has 0 bridgehead atoms. The number of methoxy groups -OCH3 is 1. The first-order chi connectivity index (χ1) is 7.31. The number of carbonyl (C=O) groups excluding carboxylic acids is 1. The van der Waals surface area contributed by atoms with Crippen LogP contribution in [0.15, 0.2) is 24.3 Å². The lowest BCUT2D eigenvalue weighted by Gasteiger charge is -2.29. The Hall–Kier alpha value is -1.42. The molecule has 1 fully saturated rings. The minimum Gasteiger partial charge on any atom is -0.495 e. The van der Waals surface area contributed by atoms with Crippen LogP contribution < -0.4 is 15.0 Å². The Morgan fingerprint density at radius 2 is 2.12 bits per heavy atom. The summed E-state index contributed by atoms with van der Waals surface area (Å²) in [7, 11) is 1.64. The van der Waals surface area contributed by atoms with Crippen molar-refractivity contribution < 1.29 is 9.53 Å². The highest BCUT2D eigenvalue weighted by atomic mass is 35.5. The Balaban J connectivity index is 0.00000128. The molecular weight excluding hydrogens is 228 g/mol. The van der Waals surface area contributed by atoms with Gasteiger partial charge in [-0.15, -0.1) is 12.4 Å². The first-order valence-corrected chi connectivity index (χ1v) is 4.96. The summed E-state index contributed by atoms with van der Waals surface area (Å²) in [6, 6.07) is 7.75. The lowest BCUT2D eigenvalue weighted by molar-refractivity contribution is -0.120. The highest BCUT2D eigenvalue weighted by molar-refractivity contribution is 5.85. The third kappa shape index (κ3) is 2.58. The van der Waals surface area contributed by atoms with Crippen LogP contribution >= 0.6 is 12.4 Å². The molecule has 1 aliphatic heterocycles. The summed E-state index contributed by atoms with van der Waals surface area (Å²) in [6.45, 7) is 1.92. The van der Waals surface area contributed by atoms with E-state index in [2.05, 4.69) is 5.32 Å². The predicted molar refractivity (Wildman–Crippen MR) is 65.5 cm³/mol. The van der Waals surface area contributed by atoms with Gasteiger partial charge in [0.05, 0.1) is 19.3 Å². The van der Waals surface area contributed by atoms with Gasteiger partial charge in [0.25, 0.3) is 0 Å². The number of ether oxygens (including phenoxy) is 1. The Labute approximate surface area is 101 Å². The highest BCUT2D eigenvalue weighted by Crippen LogP contribution is 2.27. The summed E-state index contributed by atoms with van der Waals surface area (Å²) < 4.78 is 5.26. The van der Waals surface area contributed by atoms with Gasteiger partial charge in [0.1, 0.15) is 5.75 Å². The molecule has 2 rings (SSSR count). The van der Waals surface area contributed by atoms with Gasteiger partial charge < -0.3 is 15.0 Å². The molecule has 0 saturated carbocycles. The molecule has 1 saturated heterocycles. The molecule has 1 aromatic carbocycles. The van der Waals surface area contributed by atoms with Gasteiger partial charge in [-0.25, -0.2) is 0 Å². The Morgan fingerprint density at radius 3 is 2.81 bits per heavy atom. The van der Waals surface area contributed by atoms with E-state index >= 15 is 0 Å². The number of halogens is 1. The lowest BCUT2D eigenvalue weighted by atomic mass is 10.2. The quantitative estimate of drug-likeness (QED) is 0.843. The second kappa shape index (κ2) is 5.61. The predicted octanol–water partition coefficient (Wildman–Crippen LogP) is 1.05. The smallest absolute Gasteiger partial charge is 0.239 e. The number of piperazine rings is 1. The average molecular weight is 243 g/mol. The monoisotopic (exact) mass is 242 g/mol. The molecule has 4 nitrogen and oxygen atoms in total. The van der Waals surface area contributed by atoms with Crippen LogP contribution in [0.5, 0.6) is 5.75 Å². The van der Waals surface area contributed by atoms with E-state index < -0.39 is 0 Å². The maximum absolute atomic E-state index is 11.3. The van der Waals surface area contributed by atoms with Gasteiger partial charge in [-0.2, -0.15) is 0 Å². The number of amides is 1. The van der Waals surface area contributed by atoms with Crippen molar-refractivity contribution in [1.29, 1.82) is 0 Å². The molecule has 1 N–H and O–H groups in total. The molecule has 0 spiro atoms. The van der Waals surface area contributed by atoms with E-state index in [-0.39, 0.29) is 18.3 Å². The van der Waals surface area contributed by atoms with E-state index in [0.29, 0.717) is 13.1 Å². The van der Waals surface area contributed by atoms with Crippen molar-refractivity contribution in [3.8, 4) is 5.75 Å². The van der Waals surface area contributed by atoms with Gasteiger partial charge in [-0.05, 0) is 12.1 Å². The van der Waals surface area contributed by atoms with E-state index in [1.165, 1.54) is 0 Å². The van der Waals surface area contributed by atoms with E-state index in [4.69, 9.17) is 4.74 Å². The maximum atomic E-state index is 11.3. The van der Waals surface area contributed by atoms with E-state index in [1.807, 2.05) is 29.2 Å². The van der Waals surface area contributed by atoms with Crippen molar-refractivity contribution in [2.45, 2.75) is 0 Å². The molecule has 0 radical (unpaired) electrons. The number of carbonyl (C=O) groups is 1. The zero-order valence-corrected chi connectivity index (χ0v) is 9.92. The fourth-order valence-corrected chi connectivity index (χ4v) is 1.74. The van der Waals surface area contributed by atoms with Crippen LogP contribution in [0.3, 0.4) is 0 Å². The van der Waals surface area contributed by atoms with Crippen molar-refractivity contribution in [3.05, 3.63) is 24.3 Å². The Morgan fingerprint density at radius 1 is 1.38 bits per heavy atom. The molecule has 1 amide bonds. The molecule has 0 atom stereocenters. The molecular formula is C11H15ClN2O2. The summed E-state index contributed by atoms with van der Waals surface area (Å²) in [6.07, 6.45) is 0. The Kier molecular flexibility index (Phi) is 4.43. The second-order valence-corrected chi connectivity index (χ2v) is 3.44. The van der Waals surface area contributed by atoms with Crippen LogP contribution in [-0.4, -0.2) is 32.7 Å². The maximum Gasteiger partial charge on any atom is 0.239 e. The van der Waals surface area contributed by atoms with Crippen LogP contribution in [0, 0.1) is 0 Å². The third-order valence-corrected chi connectivity index (χ3v) is 2.46. The van der Waals surface area contributed by atoms with Crippen molar-refractivity contribution in [1.82, 2.24) is 5.32 Å². The first-order valence-electron chi connectivity index (χ1n) is 4.96. The zero-order chi connectivity index (χ0) is 10.7. The number of hydrogen-bond donors (Lipinski definition) is 1. The molecule has 5 heteroatoms. The standard InChI is InChI=1S/C11H14N2O2.ClH/c1-15-10-5-3-2-4-9(10)13-7-6-12-11(14)8-13;/h2-5H,6-8H2,1H3,(H,12,14);1H. The lowest BCUT2D eigenvalue weighted by Crippen LogP contribution is -2.47. The number of nitrogens with zero attached hydrogens (tertiary/aromatic N) is 1. The summed E-state index contributed by atoms with van der Waals surface area (Å²) >= 11 is 0. The summed E-state index contributed by atoms with van der Waals surface area (Å²) in [5, 5.41) is 2.80. The Bertz CT molecular complexity index is 371. The van der Waals surface area contributed by atoms with Crippen LogP contribution in [0.4, 0.5) is 5.69 Å². The minimum atomic E-state index is 0. The number of anilines is 1. The van der Waals surface area contributed by atoms with Gasteiger partial charge in [-0.1, -0.05) is 12.1 Å². The molecule has 1 aliphatic rings. The van der Waals surface area contributed by atoms with Gasteiger partial charge in [0, 0.05) is 13.1 Å². The highest BCUT2D eigenvalue weighted by Gasteiger charge is 2.18. The fraction of sp³-hybridized carbons (Fsp3) is 0.364. The van der Waals surface area contributed by atoms with Crippen molar-refractivity contribution in [2.75, 3.05) is 31.6 Å². The van der Waals surface area contributed by atoms with Gasteiger partial charge in [-0.3, -0.25) is 4.79 Å². The first kappa shape index (κ1) is 12.6. The van der Waals surface area contributed by atoms with Crippen molar-refractivity contribution in [3.63, 3.8) is 0 Å². The van der Waals surface area contributed by atoms with Gasteiger partial charge in [0.2, 0.25) is 5.91 Å². The molecule has 16 heavy (non-hydrogen) atoms. The number of benzene rings is 1. The molecule has 1 heterocycles. The van der Waals surface area contributed by atoms with Crippen LogP contribution in [0.1, 0.15) is 0 Å². The van der Waals surface area contributed by atoms with Gasteiger partial charge in [0.15, 0.2) is 0 Å². The number of rotatable bonds is 2. The SMILES string of the molecule is COc1ccccc1N1CCNC(=O)C1.Cl. The fourth-order valence-electron chi connectivity index (χ4n) is 1.74. The number of para-hydroxylation sites is 2. The third-order valence-electron chi connectivity index (χ3n) is 2.46. The van der Waals surface area contributed by atoms with Crippen molar-refractivity contribution >= 4 is 24.0 Å². The second-order valence-electron chi connectivity index (χ2n) is 3.44.